The summed E-state index contributed by atoms with van der Waals surface area (Å²) in [6.45, 7) is 8.19. The maximum atomic E-state index is 12.7. The molecule has 2 fully saturated rings. The number of carbonyl (C=O) groups is 3. The first-order valence-corrected chi connectivity index (χ1v) is 9.73. The highest BCUT2D eigenvalue weighted by molar-refractivity contribution is 5.94. The first-order chi connectivity index (χ1) is 12.8. The molecular weight excluding hydrogens is 342 g/mol. The molecule has 0 aliphatic carbocycles. The maximum absolute atomic E-state index is 12.7. The Bertz CT molecular complexity index is 713. The van der Waals surface area contributed by atoms with Crippen LogP contribution in [0.25, 0.3) is 0 Å². The van der Waals surface area contributed by atoms with Crippen LogP contribution in [0.2, 0.25) is 0 Å². The normalized spacial score (nSPS) is 21.1. The monoisotopic (exact) mass is 371 g/mol. The molecule has 0 aromatic heterocycles. The van der Waals surface area contributed by atoms with Gasteiger partial charge in [0.25, 0.3) is 5.91 Å². The van der Waals surface area contributed by atoms with Crippen LogP contribution in [0.3, 0.4) is 0 Å². The van der Waals surface area contributed by atoms with E-state index in [-0.39, 0.29) is 29.1 Å². The van der Waals surface area contributed by atoms with Gasteiger partial charge in [0.05, 0.1) is 0 Å². The standard InChI is InChI=1S/C21H29N3O3/c1-21(2,3)16-6-4-15(5-7-16)20(27)24-12-9-14(10-13-24)18(25)23-17-8-11-22-19(17)26/h4-7,14,17H,8-13H2,1-3H3,(H,22,26)(H,23,25)/t17-/m0/s1. The van der Waals surface area contributed by atoms with E-state index in [0.717, 1.165) is 0 Å². The topological polar surface area (TPSA) is 78.5 Å². The minimum absolute atomic E-state index is 0.0180. The Morgan fingerprint density at radius 1 is 1.07 bits per heavy atom. The molecule has 1 aromatic rings. The predicted octanol–water partition coefficient (Wildman–Crippen LogP) is 1.84. The Labute approximate surface area is 160 Å². The van der Waals surface area contributed by atoms with Gasteiger partial charge < -0.3 is 15.5 Å². The van der Waals surface area contributed by atoms with Crippen LogP contribution < -0.4 is 10.6 Å². The number of amides is 3. The van der Waals surface area contributed by atoms with Crippen LogP contribution in [0.15, 0.2) is 24.3 Å². The summed E-state index contributed by atoms with van der Waals surface area (Å²) in [7, 11) is 0. The van der Waals surface area contributed by atoms with E-state index < -0.39 is 6.04 Å². The summed E-state index contributed by atoms with van der Waals surface area (Å²) >= 11 is 0. The zero-order valence-corrected chi connectivity index (χ0v) is 16.4. The van der Waals surface area contributed by atoms with Gasteiger partial charge >= 0.3 is 0 Å². The molecule has 2 heterocycles. The third kappa shape index (κ3) is 4.49. The lowest BCUT2D eigenvalue weighted by atomic mass is 9.86. The molecule has 3 rings (SSSR count). The van der Waals surface area contributed by atoms with Gasteiger partial charge in [0.2, 0.25) is 11.8 Å². The Kier molecular flexibility index (Phi) is 5.53. The molecule has 1 aromatic carbocycles. The number of carbonyl (C=O) groups excluding carboxylic acids is 3. The van der Waals surface area contributed by atoms with Crippen LogP contribution in [0.1, 0.15) is 56.0 Å². The van der Waals surface area contributed by atoms with Gasteiger partial charge in [-0.2, -0.15) is 0 Å². The lowest BCUT2D eigenvalue weighted by Gasteiger charge is -2.32. The average molecular weight is 371 g/mol. The van der Waals surface area contributed by atoms with Crippen LogP contribution in [0, 0.1) is 5.92 Å². The van der Waals surface area contributed by atoms with E-state index in [2.05, 4.69) is 31.4 Å². The Morgan fingerprint density at radius 2 is 1.70 bits per heavy atom. The van der Waals surface area contributed by atoms with E-state index in [9.17, 15) is 14.4 Å². The zero-order valence-electron chi connectivity index (χ0n) is 16.4. The second kappa shape index (κ2) is 7.71. The smallest absolute Gasteiger partial charge is 0.253 e. The quantitative estimate of drug-likeness (QED) is 0.851. The Balaban J connectivity index is 1.53. The Morgan fingerprint density at radius 3 is 2.22 bits per heavy atom. The van der Waals surface area contributed by atoms with Crippen molar-refractivity contribution in [1.82, 2.24) is 15.5 Å². The fraction of sp³-hybridized carbons (Fsp3) is 0.571. The summed E-state index contributed by atoms with van der Waals surface area (Å²) in [4.78, 5) is 38.5. The molecule has 1 atom stereocenters. The van der Waals surface area contributed by atoms with Crippen molar-refractivity contribution in [3.63, 3.8) is 0 Å². The molecule has 0 radical (unpaired) electrons. The molecule has 0 unspecified atom stereocenters. The highest BCUT2D eigenvalue weighted by Gasteiger charge is 2.32. The van der Waals surface area contributed by atoms with E-state index in [1.54, 1.807) is 0 Å². The van der Waals surface area contributed by atoms with Gasteiger partial charge in [0.1, 0.15) is 6.04 Å². The first-order valence-electron chi connectivity index (χ1n) is 9.73. The molecule has 2 saturated heterocycles. The van der Waals surface area contributed by atoms with Gasteiger partial charge in [0.15, 0.2) is 0 Å². The van der Waals surface area contributed by atoms with Gasteiger partial charge in [-0.05, 0) is 42.4 Å². The SMILES string of the molecule is CC(C)(C)c1ccc(C(=O)N2CCC(C(=O)N[C@H]3CCNC3=O)CC2)cc1. The van der Waals surface area contributed by atoms with Crippen LogP contribution in [-0.2, 0) is 15.0 Å². The molecule has 146 valence electrons. The summed E-state index contributed by atoms with van der Waals surface area (Å²) in [5.41, 5.74) is 1.95. The van der Waals surface area contributed by atoms with Crippen molar-refractivity contribution in [2.45, 2.75) is 51.5 Å². The third-order valence-corrected chi connectivity index (χ3v) is 5.52. The molecule has 0 saturated carbocycles. The number of rotatable bonds is 3. The summed E-state index contributed by atoms with van der Waals surface area (Å²) in [5, 5.41) is 5.56. The number of piperidine rings is 1. The van der Waals surface area contributed by atoms with Crippen molar-refractivity contribution < 1.29 is 14.4 Å². The fourth-order valence-corrected chi connectivity index (χ4v) is 3.66. The first kappa shape index (κ1) is 19.4. The molecule has 0 spiro atoms. The lowest BCUT2D eigenvalue weighted by Crippen LogP contribution is -2.47. The molecule has 0 bridgehead atoms. The van der Waals surface area contributed by atoms with Gasteiger partial charge in [-0.3, -0.25) is 14.4 Å². The molecule has 2 aliphatic heterocycles. The van der Waals surface area contributed by atoms with E-state index in [1.807, 2.05) is 29.2 Å². The number of nitrogens with one attached hydrogen (secondary N) is 2. The highest BCUT2D eigenvalue weighted by atomic mass is 16.2. The maximum Gasteiger partial charge on any atom is 0.253 e. The molecule has 6 heteroatoms. The number of hydrogen-bond acceptors (Lipinski definition) is 3. The largest absolute Gasteiger partial charge is 0.354 e. The van der Waals surface area contributed by atoms with Crippen molar-refractivity contribution in [3.8, 4) is 0 Å². The second-order valence-corrected chi connectivity index (χ2v) is 8.53. The lowest BCUT2D eigenvalue weighted by molar-refractivity contribution is -0.130. The Hall–Kier alpha value is -2.37. The summed E-state index contributed by atoms with van der Waals surface area (Å²) in [5.74, 6) is -0.288. The molecule has 2 N–H and O–H groups in total. The fourth-order valence-electron chi connectivity index (χ4n) is 3.66. The predicted molar refractivity (Wildman–Crippen MR) is 103 cm³/mol. The number of benzene rings is 1. The van der Waals surface area contributed by atoms with Gasteiger partial charge in [0, 0.05) is 31.1 Å². The summed E-state index contributed by atoms with van der Waals surface area (Å²) < 4.78 is 0. The van der Waals surface area contributed by atoms with Crippen molar-refractivity contribution in [2.75, 3.05) is 19.6 Å². The van der Waals surface area contributed by atoms with Gasteiger partial charge in [-0.1, -0.05) is 32.9 Å². The third-order valence-electron chi connectivity index (χ3n) is 5.52. The van der Waals surface area contributed by atoms with E-state index in [1.165, 1.54) is 5.56 Å². The van der Waals surface area contributed by atoms with Crippen LogP contribution in [0.5, 0.6) is 0 Å². The average Bonchev–Trinajstić information content (AvgIpc) is 3.05. The van der Waals surface area contributed by atoms with E-state index in [0.29, 0.717) is 44.5 Å². The summed E-state index contributed by atoms with van der Waals surface area (Å²) in [6.07, 6.45) is 1.91. The van der Waals surface area contributed by atoms with Gasteiger partial charge in [-0.25, -0.2) is 0 Å². The number of hydrogen-bond donors (Lipinski definition) is 2. The highest BCUT2D eigenvalue weighted by Crippen LogP contribution is 2.24. The second-order valence-electron chi connectivity index (χ2n) is 8.53. The van der Waals surface area contributed by atoms with E-state index in [4.69, 9.17) is 0 Å². The zero-order chi connectivity index (χ0) is 19.6. The molecule has 3 amide bonds. The van der Waals surface area contributed by atoms with Crippen LogP contribution in [0.4, 0.5) is 0 Å². The van der Waals surface area contributed by atoms with Crippen LogP contribution in [-0.4, -0.2) is 48.3 Å². The molecule has 27 heavy (non-hydrogen) atoms. The van der Waals surface area contributed by atoms with Crippen molar-refractivity contribution in [1.29, 1.82) is 0 Å². The van der Waals surface area contributed by atoms with Gasteiger partial charge in [-0.15, -0.1) is 0 Å². The number of nitrogens with zero attached hydrogens (tertiary/aromatic N) is 1. The van der Waals surface area contributed by atoms with Crippen molar-refractivity contribution in [2.24, 2.45) is 5.92 Å². The summed E-state index contributed by atoms with van der Waals surface area (Å²) in [6, 6.07) is 7.40. The minimum atomic E-state index is -0.404. The molecule has 2 aliphatic rings. The molecular formula is C21H29N3O3. The molecule has 6 nitrogen and oxygen atoms in total. The van der Waals surface area contributed by atoms with E-state index >= 15 is 0 Å². The minimum Gasteiger partial charge on any atom is -0.354 e. The van der Waals surface area contributed by atoms with Crippen molar-refractivity contribution >= 4 is 17.7 Å². The number of likely N-dealkylation sites (tertiary alicyclic amines) is 1. The van der Waals surface area contributed by atoms with Crippen molar-refractivity contribution in [3.05, 3.63) is 35.4 Å². The van der Waals surface area contributed by atoms with Crippen LogP contribution >= 0.6 is 0 Å².